The third kappa shape index (κ3) is 3.44. The van der Waals surface area contributed by atoms with Crippen molar-refractivity contribution in [2.24, 2.45) is 11.3 Å². The molecule has 0 radical (unpaired) electrons. The Kier molecular flexibility index (Phi) is 8.31. The fourth-order valence-corrected chi connectivity index (χ4v) is 5.07. The van der Waals surface area contributed by atoms with Crippen molar-refractivity contribution < 1.29 is 0 Å². The molecule has 2 aliphatic carbocycles. The molecule has 150 valence electrons. The maximum absolute atomic E-state index is 4.10. The quantitative estimate of drug-likeness (QED) is 0.348. The zero-order chi connectivity index (χ0) is 20.1. The number of fused-ring (bicyclic) bond motifs is 5. The summed E-state index contributed by atoms with van der Waals surface area (Å²) in [7, 11) is 0. The highest BCUT2D eigenvalue weighted by Gasteiger charge is 2.58. The fraction of sp³-hybridized carbons (Fsp3) is 0.429. The molecule has 1 spiro atoms. The van der Waals surface area contributed by atoms with Crippen LogP contribution in [0.5, 0.6) is 0 Å². The molecule has 0 amide bonds. The van der Waals surface area contributed by atoms with Crippen molar-refractivity contribution in [1.82, 2.24) is 0 Å². The first-order chi connectivity index (χ1) is 13.0. The predicted molar refractivity (Wildman–Crippen MR) is 127 cm³/mol. The molecule has 0 aromatic heterocycles. The molecule has 0 N–H and O–H groups in total. The third-order valence-corrected chi connectivity index (χ3v) is 6.46. The Morgan fingerprint density at radius 3 is 1.68 bits per heavy atom. The van der Waals surface area contributed by atoms with Crippen molar-refractivity contribution in [2.75, 3.05) is 0 Å². The molecule has 4 rings (SSSR count). The van der Waals surface area contributed by atoms with Crippen LogP contribution in [-0.2, 0) is 5.41 Å². The van der Waals surface area contributed by atoms with Crippen LogP contribution in [0, 0.1) is 23.2 Å². The van der Waals surface area contributed by atoms with Gasteiger partial charge in [0.1, 0.15) is 0 Å². The van der Waals surface area contributed by atoms with Crippen LogP contribution in [0.4, 0.5) is 0 Å². The predicted octanol–water partition coefficient (Wildman–Crippen LogP) is 8.27. The van der Waals surface area contributed by atoms with Gasteiger partial charge in [0, 0.05) is 5.41 Å². The zero-order valence-electron chi connectivity index (χ0n) is 17.9. The fourth-order valence-electron chi connectivity index (χ4n) is 5.07. The minimum atomic E-state index is 0. The molecular weight excluding hydrogens is 336 g/mol. The number of rotatable bonds is 1. The first-order valence-electron chi connectivity index (χ1n) is 10.2. The van der Waals surface area contributed by atoms with Crippen molar-refractivity contribution in [3.63, 3.8) is 0 Å². The first-order valence-corrected chi connectivity index (χ1v) is 10.2. The Morgan fingerprint density at radius 1 is 0.893 bits per heavy atom. The van der Waals surface area contributed by atoms with Gasteiger partial charge in [0.2, 0.25) is 0 Å². The molecular formula is C28H38. The van der Waals surface area contributed by atoms with Gasteiger partial charge in [-0.05, 0) is 60.3 Å². The van der Waals surface area contributed by atoms with Gasteiger partial charge in [-0.25, -0.2) is 0 Å². The van der Waals surface area contributed by atoms with Gasteiger partial charge in [0.05, 0.1) is 0 Å². The summed E-state index contributed by atoms with van der Waals surface area (Å²) in [5.74, 6) is 5.94. The largest absolute Gasteiger partial charge is 0.107 e. The van der Waals surface area contributed by atoms with Gasteiger partial charge < -0.3 is 0 Å². The third-order valence-electron chi connectivity index (χ3n) is 6.46. The molecule has 28 heavy (non-hydrogen) atoms. The van der Waals surface area contributed by atoms with Crippen LogP contribution in [0.2, 0.25) is 0 Å². The molecule has 2 aromatic carbocycles. The van der Waals surface area contributed by atoms with Gasteiger partial charge in [0.25, 0.3) is 0 Å². The van der Waals surface area contributed by atoms with E-state index in [1.165, 1.54) is 35.1 Å². The van der Waals surface area contributed by atoms with Crippen LogP contribution in [0.1, 0.15) is 72.9 Å². The lowest BCUT2D eigenvalue weighted by Crippen LogP contribution is -2.39. The zero-order valence-corrected chi connectivity index (χ0v) is 17.9. The summed E-state index contributed by atoms with van der Waals surface area (Å²) in [6.07, 6.45) is 4.64. The van der Waals surface area contributed by atoms with Gasteiger partial charge in [-0.2, -0.15) is 0 Å². The summed E-state index contributed by atoms with van der Waals surface area (Å²) in [5, 5.41) is 0. The van der Waals surface area contributed by atoms with Crippen LogP contribution >= 0.6 is 0 Å². The number of benzene rings is 2. The van der Waals surface area contributed by atoms with Crippen LogP contribution in [0.3, 0.4) is 0 Å². The number of hydrogen-bond acceptors (Lipinski definition) is 0. The molecule has 1 atom stereocenters. The highest BCUT2D eigenvalue weighted by atomic mass is 14.6. The van der Waals surface area contributed by atoms with Crippen molar-refractivity contribution in [1.29, 1.82) is 0 Å². The lowest BCUT2D eigenvalue weighted by Gasteiger charge is -2.43. The van der Waals surface area contributed by atoms with Gasteiger partial charge in [-0.15, -0.1) is 18.4 Å². The van der Waals surface area contributed by atoms with Gasteiger partial charge >= 0.3 is 0 Å². The van der Waals surface area contributed by atoms with Gasteiger partial charge in [-0.1, -0.05) is 89.7 Å². The molecule has 0 nitrogen and oxygen atoms in total. The molecule has 2 aliphatic rings. The smallest absolute Gasteiger partial charge is 0.0271 e. The summed E-state index contributed by atoms with van der Waals surface area (Å²) in [6, 6.07) is 18.0. The lowest BCUT2D eigenvalue weighted by molar-refractivity contribution is 0.210. The van der Waals surface area contributed by atoms with E-state index in [0.717, 1.165) is 0 Å². The molecule has 0 heterocycles. The van der Waals surface area contributed by atoms with E-state index in [1.54, 1.807) is 0 Å². The second kappa shape index (κ2) is 9.79. The molecule has 1 fully saturated rings. The molecule has 1 unspecified atom stereocenters. The molecule has 0 heteroatoms. The second-order valence-corrected chi connectivity index (χ2v) is 7.60. The lowest BCUT2D eigenvalue weighted by atomic mass is 9.60. The van der Waals surface area contributed by atoms with Crippen molar-refractivity contribution >= 4 is 0 Å². The molecule has 0 bridgehead atoms. The normalized spacial score (nSPS) is 18.6. The van der Waals surface area contributed by atoms with Crippen LogP contribution < -0.4 is 0 Å². The van der Waals surface area contributed by atoms with E-state index in [4.69, 9.17) is 0 Å². The average Bonchev–Trinajstić information content (AvgIpc) is 3.17. The van der Waals surface area contributed by atoms with Crippen molar-refractivity contribution in [2.45, 2.75) is 67.2 Å². The Balaban J connectivity index is 0.000000503. The minimum absolute atomic E-state index is 0. The summed E-state index contributed by atoms with van der Waals surface area (Å²) in [5.41, 5.74) is 6.29. The summed E-state index contributed by atoms with van der Waals surface area (Å²) in [4.78, 5) is 0. The van der Waals surface area contributed by atoms with Gasteiger partial charge in [0.15, 0.2) is 0 Å². The standard InChI is InChI=1S/C21H22.C4H6.C2H6.CH4/c1-4-15-13-14-21(20(15,2)3)18-11-7-5-9-16(18)17-10-6-8-12-19(17)21;1-3-4-2;1-2;/h4-12,15H,1,13-14H2,2-3H3;1-2H3;1-2H3;1H4. The monoisotopic (exact) mass is 374 g/mol. The molecule has 1 saturated carbocycles. The van der Waals surface area contributed by atoms with E-state index in [2.05, 4.69) is 86.9 Å². The highest BCUT2D eigenvalue weighted by molar-refractivity contribution is 5.82. The van der Waals surface area contributed by atoms with E-state index in [0.29, 0.717) is 5.92 Å². The van der Waals surface area contributed by atoms with Crippen LogP contribution in [0.15, 0.2) is 61.2 Å². The SMILES string of the molecule is C.C=CC1CCC2(c3ccccc3-c3ccccc32)C1(C)C.CC.CC#CC. The maximum atomic E-state index is 4.10. The first kappa shape index (κ1) is 23.8. The van der Waals surface area contributed by atoms with E-state index in [1.807, 2.05) is 27.7 Å². The van der Waals surface area contributed by atoms with Gasteiger partial charge in [-0.3, -0.25) is 0 Å². The van der Waals surface area contributed by atoms with E-state index < -0.39 is 0 Å². The van der Waals surface area contributed by atoms with Crippen LogP contribution in [-0.4, -0.2) is 0 Å². The topological polar surface area (TPSA) is 0 Å². The minimum Gasteiger partial charge on any atom is -0.107 e. The Bertz CT molecular complexity index is 790. The van der Waals surface area contributed by atoms with Crippen molar-refractivity contribution in [3.8, 4) is 23.0 Å². The summed E-state index contributed by atoms with van der Waals surface area (Å²) >= 11 is 0. The Hall–Kier alpha value is -2.26. The van der Waals surface area contributed by atoms with E-state index >= 15 is 0 Å². The maximum Gasteiger partial charge on any atom is 0.0271 e. The number of hydrogen-bond donors (Lipinski definition) is 0. The van der Waals surface area contributed by atoms with E-state index in [9.17, 15) is 0 Å². The molecule has 0 aliphatic heterocycles. The highest BCUT2D eigenvalue weighted by Crippen LogP contribution is 2.66. The summed E-state index contributed by atoms with van der Waals surface area (Å²) in [6.45, 7) is 16.6. The summed E-state index contributed by atoms with van der Waals surface area (Å²) < 4.78 is 0. The van der Waals surface area contributed by atoms with Crippen LogP contribution in [0.25, 0.3) is 11.1 Å². The van der Waals surface area contributed by atoms with E-state index in [-0.39, 0.29) is 18.3 Å². The molecule has 0 saturated heterocycles. The average molecular weight is 375 g/mol. The number of allylic oxidation sites excluding steroid dienone is 1. The Labute approximate surface area is 174 Å². The van der Waals surface area contributed by atoms with Crippen molar-refractivity contribution in [3.05, 3.63) is 72.3 Å². The molecule has 2 aromatic rings. The second-order valence-electron chi connectivity index (χ2n) is 7.60. The Morgan fingerprint density at radius 2 is 1.32 bits per heavy atom.